The second-order valence-corrected chi connectivity index (χ2v) is 7.42. The third-order valence-corrected chi connectivity index (χ3v) is 5.12. The number of benzene rings is 1. The predicted molar refractivity (Wildman–Crippen MR) is 107 cm³/mol. The van der Waals surface area contributed by atoms with Crippen LogP contribution in [0.5, 0.6) is 0 Å². The van der Waals surface area contributed by atoms with E-state index < -0.39 is 12.1 Å². The number of carbonyl (C=O) groups excluding carboxylic acids is 2. The minimum Gasteiger partial charge on any atom is -0.423 e. The Morgan fingerprint density at radius 3 is 2.67 bits per heavy atom. The van der Waals surface area contributed by atoms with Crippen LogP contribution in [0.4, 0.5) is 4.79 Å². The first-order valence-corrected chi connectivity index (χ1v) is 9.83. The summed E-state index contributed by atoms with van der Waals surface area (Å²) in [7, 11) is 0. The van der Waals surface area contributed by atoms with Crippen LogP contribution in [0.25, 0.3) is 0 Å². The van der Waals surface area contributed by atoms with Crippen LogP contribution < -0.4 is 5.32 Å². The lowest BCUT2D eigenvalue weighted by Gasteiger charge is -2.32. The molecule has 0 unspecified atom stereocenters. The lowest BCUT2D eigenvalue weighted by Crippen LogP contribution is -2.52. The third-order valence-electron chi connectivity index (χ3n) is 5.12. The smallest absolute Gasteiger partial charge is 0.338 e. The fraction of sp³-hybridized carbons (Fsp3) is 0.450. The van der Waals surface area contributed by atoms with E-state index in [2.05, 4.69) is 20.6 Å². The highest BCUT2D eigenvalue weighted by atomic mass is 16.5. The highest BCUT2D eigenvalue weighted by molar-refractivity contribution is 6.08. The third kappa shape index (κ3) is 4.04. The van der Waals surface area contributed by atoms with E-state index in [0.29, 0.717) is 30.6 Å². The van der Waals surface area contributed by atoms with Gasteiger partial charge in [-0.05, 0) is 19.4 Å². The minimum absolute atomic E-state index is 0.0391. The molecule has 3 amide bonds. The SMILES string of the molecule is Cc1ccc(C2=NN(C(=O)N[C@H](C)c3nnc(C)o3)C[C@H]2N2CCOCC2=O)cc1. The van der Waals surface area contributed by atoms with Gasteiger partial charge in [-0.15, -0.1) is 10.2 Å². The summed E-state index contributed by atoms with van der Waals surface area (Å²) in [6.45, 7) is 6.67. The number of aryl methyl sites for hydroxylation is 2. The Bertz CT molecular complexity index is 970. The van der Waals surface area contributed by atoms with E-state index in [1.54, 1.807) is 18.7 Å². The Labute approximate surface area is 173 Å². The number of morpholine rings is 1. The molecule has 1 fully saturated rings. The molecule has 2 atom stereocenters. The predicted octanol–water partition coefficient (Wildman–Crippen LogP) is 1.40. The second-order valence-electron chi connectivity index (χ2n) is 7.42. The van der Waals surface area contributed by atoms with Crippen molar-refractivity contribution in [1.82, 2.24) is 25.4 Å². The summed E-state index contributed by atoms with van der Waals surface area (Å²) >= 11 is 0. The fourth-order valence-corrected chi connectivity index (χ4v) is 3.50. The zero-order valence-electron chi connectivity index (χ0n) is 17.2. The number of nitrogens with zero attached hydrogens (tertiary/aromatic N) is 5. The van der Waals surface area contributed by atoms with Crippen molar-refractivity contribution in [2.45, 2.75) is 32.9 Å². The van der Waals surface area contributed by atoms with Gasteiger partial charge in [0.25, 0.3) is 0 Å². The van der Waals surface area contributed by atoms with Crippen molar-refractivity contribution in [2.24, 2.45) is 5.10 Å². The molecule has 1 aromatic carbocycles. The first-order chi connectivity index (χ1) is 14.4. The molecule has 1 N–H and O–H groups in total. The number of urea groups is 1. The molecule has 1 saturated heterocycles. The van der Waals surface area contributed by atoms with Gasteiger partial charge in [-0.25, -0.2) is 9.80 Å². The first kappa shape index (κ1) is 20.0. The summed E-state index contributed by atoms with van der Waals surface area (Å²) in [6, 6.07) is 6.68. The molecular formula is C20H24N6O4. The molecule has 0 bridgehead atoms. The molecule has 2 aromatic rings. The Balaban J connectivity index is 1.56. The van der Waals surface area contributed by atoms with E-state index in [1.165, 1.54) is 5.01 Å². The Morgan fingerprint density at radius 1 is 1.23 bits per heavy atom. The fourth-order valence-electron chi connectivity index (χ4n) is 3.50. The molecule has 2 aliphatic rings. The molecule has 0 saturated carbocycles. The standard InChI is InChI=1S/C20H24N6O4/c1-12-4-6-15(7-5-12)18-16(25-8-9-29-11-17(25)27)10-26(24-18)20(28)21-13(2)19-23-22-14(3)30-19/h4-7,13,16H,8-11H2,1-3H3,(H,21,28)/t13-,16-/m1/s1. The number of carbonyl (C=O) groups is 2. The summed E-state index contributed by atoms with van der Waals surface area (Å²) in [6.07, 6.45) is 0. The molecule has 3 heterocycles. The molecule has 158 valence electrons. The first-order valence-electron chi connectivity index (χ1n) is 9.83. The van der Waals surface area contributed by atoms with Crippen molar-refractivity contribution in [1.29, 1.82) is 0 Å². The van der Waals surface area contributed by atoms with E-state index in [9.17, 15) is 9.59 Å². The Hall–Kier alpha value is -3.27. The summed E-state index contributed by atoms with van der Waals surface area (Å²) < 4.78 is 10.6. The molecule has 0 aliphatic carbocycles. The van der Waals surface area contributed by atoms with Crippen molar-refractivity contribution < 1.29 is 18.7 Å². The highest BCUT2D eigenvalue weighted by Crippen LogP contribution is 2.22. The topological polar surface area (TPSA) is 113 Å². The maximum Gasteiger partial charge on any atom is 0.338 e. The Morgan fingerprint density at radius 2 is 2.00 bits per heavy atom. The van der Waals surface area contributed by atoms with Gasteiger partial charge in [0.15, 0.2) is 0 Å². The zero-order chi connectivity index (χ0) is 21.3. The van der Waals surface area contributed by atoms with Gasteiger partial charge in [0.2, 0.25) is 17.7 Å². The van der Waals surface area contributed by atoms with Crippen molar-refractivity contribution in [2.75, 3.05) is 26.3 Å². The van der Waals surface area contributed by atoms with Gasteiger partial charge in [0, 0.05) is 13.5 Å². The average Bonchev–Trinajstić information content (AvgIpc) is 3.36. The van der Waals surface area contributed by atoms with E-state index in [-0.39, 0.29) is 25.1 Å². The molecule has 2 aliphatic heterocycles. The number of hydrogen-bond acceptors (Lipinski definition) is 7. The summed E-state index contributed by atoms with van der Waals surface area (Å²) in [4.78, 5) is 27.1. The lowest BCUT2D eigenvalue weighted by atomic mass is 10.0. The van der Waals surface area contributed by atoms with Crippen LogP contribution in [0.1, 0.15) is 35.9 Å². The minimum atomic E-state index is -0.471. The summed E-state index contributed by atoms with van der Waals surface area (Å²) in [5.74, 6) is 0.642. The molecule has 10 nitrogen and oxygen atoms in total. The van der Waals surface area contributed by atoms with Crippen LogP contribution in [0.2, 0.25) is 0 Å². The number of hydrazone groups is 1. The molecule has 0 radical (unpaired) electrons. The van der Waals surface area contributed by atoms with E-state index in [4.69, 9.17) is 9.15 Å². The zero-order valence-corrected chi connectivity index (χ0v) is 17.2. The molecule has 1 aromatic heterocycles. The van der Waals surface area contributed by atoms with Crippen LogP contribution in [0.15, 0.2) is 33.8 Å². The van der Waals surface area contributed by atoms with Gasteiger partial charge in [0.05, 0.1) is 24.9 Å². The summed E-state index contributed by atoms with van der Waals surface area (Å²) in [5.41, 5.74) is 2.68. The Kier molecular flexibility index (Phi) is 5.49. The number of rotatable bonds is 4. The maximum absolute atomic E-state index is 12.9. The van der Waals surface area contributed by atoms with Crippen LogP contribution in [0, 0.1) is 13.8 Å². The number of ether oxygens (including phenoxy) is 1. The van der Waals surface area contributed by atoms with Gasteiger partial charge in [0.1, 0.15) is 12.6 Å². The van der Waals surface area contributed by atoms with Crippen molar-refractivity contribution in [3.05, 3.63) is 47.2 Å². The van der Waals surface area contributed by atoms with E-state index >= 15 is 0 Å². The van der Waals surface area contributed by atoms with Gasteiger partial charge < -0.3 is 19.4 Å². The van der Waals surface area contributed by atoms with Crippen LogP contribution in [-0.4, -0.2) is 70.1 Å². The van der Waals surface area contributed by atoms with Crippen LogP contribution in [-0.2, 0) is 9.53 Å². The van der Waals surface area contributed by atoms with Crippen molar-refractivity contribution in [3.8, 4) is 0 Å². The molecule has 0 spiro atoms. The number of amides is 3. The molecule has 4 rings (SSSR count). The van der Waals surface area contributed by atoms with E-state index in [0.717, 1.165) is 11.1 Å². The van der Waals surface area contributed by atoms with Gasteiger partial charge >= 0.3 is 6.03 Å². The van der Waals surface area contributed by atoms with E-state index in [1.807, 2.05) is 31.2 Å². The normalized spacial score (nSPS) is 20.3. The number of hydrogen-bond donors (Lipinski definition) is 1. The molecule has 10 heteroatoms. The van der Waals surface area contributed by atoms with Crippen molar-refractivity contribution in [3.63, 3.8) is 0 Å². The monoisotopic (exact) mass is 412 g/mol. The van der Waals surface area contributed by atoms with Crippen LogP contribution >= 0.6 is 0 Å². The van der Waals surface area contributed by atoms with Crippen LogP contribution in [0.3, 0.4) is 0 Å². The number of nitrogens with one attached hydrogen (secondary N) is 1. The highest BCUT2D eigenvalue weighted by Gasteiger charge is 2.38. The van der Waals surface area contributed by atoms with Crippen molar-refractivity contribution >= 4 is 17.6 Å². The summed E-state index contributed by atoms with van der Waals surface area (Å²) in [5, 5.41) is 16.5. The van der Waals surface area contributed by atoms with Gasteiger partial charge in [-0.2, -0.15) is 5.10 Å². The second kappa shape index (κ2) is 8.23. The lowest BCUT2D eigenvalue weighted by molar-refractivity contribution is -0.143. The number of aromatic nitrogens is 2. The molecule has 30 heavy (non-hydrogen) atoms. The average molecular weight is 412 g/mol. The quantitative estimate of drug-likeness (QED) is 0.812. The largest absolute Gasteiger partial charge is 0.423 e. The maximum atomic E-state index is 12.9. The van der Waals surface area contributed by atoms with Gasteiger partial charge in [-0.3, -0.25) is 4.79 Å². The van der Waals surface area contributed by atoms with Gasteiger partial charge in [-0.1, -0.05) is 29.8 Å². The molecular weight excluding hydrogens is 388 g/mol.